The molecule has 6 heteroatoms. The molecule has 0 bridgehead atoms. The Kier molecular flexibility index (Phi) is 5.82. The summed E-state index contributed by atoms with van der Waals surface area (Å²) in [6.07, 6.45) is 2.18. The van der Waals surface area contributed by atoms with E-state index in [-0.39, 0.29) is 30.9 Å². The van der Waals surface area contributed by atoms with Crippen molar-refractivity contribution in [2.75, 3.05) is 6.61 Å². The minimum Gasteiger partial charge on any atom is -0.444 e. The van der Waals surface area contributed by atoms with Gasteiger partial charge in [0.2, 0.25) is 0 Å². The average molecular weight is 360 g/mol. The van der Waals surface area contributed by atoms with Crippen molar-refractivity contribution in [2.45, 2.75) is 58.2 Å². The van der Waals surface area contributed by atoms with Crippen molar-refractivity contribution in [3.8, 4) is 0 Å². The number of hydrogen-bond donors (Lipinski definition) is 1. The molecule has 1 amide bonds. The summed E-state index contributed by atoms with van der Waals surface area (Å²) in [6.45, 7) is 6.08. The number of halogens is 2. The van der Waals surface area contributed by atoms with Gasteiger partial charge >= 0.3 is 6.09 Å². The van der Waals surface area contributed by atoms with Gasteiger partial charge in [-0.3, -0.25) is 0 Å². The number of carbonyl (C=O) groups is 1. The van der Waals surface area contributed by atoms with E-state index in [0.717, 1.165) is 18.4 Å². The van der Waals surface area contributed by atoms with Crippen molar-refractivity contribution in [2.24, 2.45) is 0 Å². The number of rotatable bonds is 5. The second kappa shape index (κ2) is 7.29. The maximum Gasteiger partial charge on any atom is 0.410 e. The van der Waals surface area contributed by atoms with Crippen LogP contribution in [0.2, 0.25) is 10.0 Å². The molecule has 1 aliphatic carbocycles. The van der Waals surface area contributed by atoms with Crippen LogP contribution < -0.4 is 0 Å². The Hall–Kier alpha value is -0.970. The van der Waals surface area contributed by atoms with Crippen LogP contribution >= 0.6 is 23.2 Å². The van der Waals surface area contributed by atoms with Crippen LogP contribution in [0.15, 0.2) is 12.1 Å². The van der Waals surface area contributed by atoms with Crippen LogP contribution in [0.3, 0.4) is 0 Å². The first-order valence-corrected chi connectivity index (χ1v) is 8.53. The first-order chi connectivity index (χ1) is 10.7. The van der Waals surface area contributed by atoms with E-state index in [9.17, 15) is 4.79 Å². The number of aliphatic hydroxyl groups is 1. The van der Waals surface area contributed by atoms with E-state index in [2.05, 4.69) is 0 Å². The van der Waals surface area contributed by atoms with Crippen LogP contribution in [0.1, 0.15) is 44.7 Å². The molecule has 0 atom stereocenters. The van der Waals surface area contributed by atoms with Gasteiger partial charge in [0.05, 0.1) is 10.0 Å². The standard InChI is InChI=1S/C17H23Cl2NO3/c1-17(2,3)20(13-4-5-13)16(22)23-10-12-8-11(6-7-21)9-14(18)15(12)19/h8-9,13,21H,4-7,10H2,1-3H3. The van der Waals surface area contributed by atoms with Gasteiger partial charge in [-0.15, -0.1) is 0 Å². The highest BCUT2D eigenvalue weighted by Crippen LogP contribution is 2.34. The summed E-state index contributed by atoms with van der Waals surface area (Å²) in [7, 11) is 0. The monoisotopic (exact) mass is 359 g/mol. The highest BCUT2D eigenvalue weighted by molar-refractivity contribution is 6.42. The summed E-state index contributed by atoms with van der Waals surface area (Å²) in [4.78, 5) is 14.2. The minimum atomic E-state index is -0.334. The predicted molar refractivity (Wildman–Crippen MR) is 92.1 cm³/mol. The Morgan fingerprint density at radius 3 is 2.52 bits per heavy atom. The second-order valence-electron chi connectivity index (χ2n) is 6.85. The Morgan fingerprint density at radius 1 is 1.35 bits per heavy atom. The fraction of sp³-hybridized carbons (Fsp3) is 0.588. The van der Waals surface area contributed by atoms with Crippen molar-refractivity contribution < 1.29 is 14.6 Å². The molecule has 4 nitrogen and oxygen atoms in total. The molecule has 2 rings (SSSR count). The molecule has 0 aliphatic heterocycles. The number of hydrogen-bond acceptors (Lipinski definition) is 3. The van der Waals surface area contributed by atoms with E-state index in [1.807, 2.05) is 26.8 Å². The van der Waals surface area contributed by atoms with Crippen LogP contribution in [-0.2, 0) is 17.8 Å². The van der Waals surface area contributed by atoms with Gasteiger partial charge in [-0.1, -0.05) is 29.3 Å². The molecule has 0 heterocycles. The van der Waals surface area contributed by atoms with Crippen molar-refractivity contribution in [1.82, 2.24) is 4.90 Å². The van der Waals surface area contributed by atoms with E-state index in [4.69, 9.17) is 33.0 Å². The topological polar surface area (TPSA) is 49.8 Å². The van der Waals surface area contributed by atoms with Crippen LogP contribution in [0.4, 0.5) is 4.79 Å². The molecule has 1 aromatic carbocycles. The molecule has 0 saturated heterocycles. The fourth-order valence-electron chi connectivity index (χ4n) is 2.60. The summed E-state index contributed by atoms with van der Waals surface area (Å²) in [5.41, 5.74) is 1.24. The molecule has 0 spiro atoms. The van der Waals surface area contributed by atoms with Crippen LogP contribution in [0, 0.1) is 0 Å². The molecule has 1 fully saturated rings. The number of ether oxygens (including phenoxy) is 1. The minimum absolute atomic E-state index is 0.0245. The first kappa shape index (κ1) is 18.4. The quantitative estimate of drug-likeness (QED) is 0.845. The molecule has 1 aromatic rings. The highest BCUT2D eigenvalue weighted by Gasteiger charge is 2.40. The van der Waals surface area contributed by atoms with Gasteiger partial charge in [0, 0.05) is 23.8 Å². The third kappa shape index (κ3) is 4.75. The van der Waals surface area contributed by atoms with Crippen LogP contribution in [0.25, 0.3) is 0 Å². The van der Waals surface area contributed by atoms with E-state index in [1.54, 1.807) is 11.0 Å². The molecule has 23 heavy (non-hydrogen) atoms. The van der Waals surface area contributed by atoms with Crippen molar-refractivity contribution in [3.05, 3.63) is 33.3 Å². The fourth-order valence-corrected chi connectivity index (χ4v) is 3.02. The summed E-state index contributed by atoms with van der Waals surface area (Å²) in [6, 6.07) is 3.80. The lowest BCUT2D eigenvalue weighted by atomic mass is 10.1. The summed E-state index contributed by atoms with van der Waals surface area (Å²) in [5.74, 6) is 0. The molecule has 128 valence electrons. The Bertz CT molecular complexity index is 580. The van der Waals surface area contributed by atoms with E-state index < -0.39 is 0 Å². The van der Waals surface area contributed by atoms with Crippen LogP contribution in [0.5, 0.6) is 0 Å². The maximum absolute atomic E-state index is 12.4. The molecule has 1 N–H and O–H groups in total. The van der Waals surface area contributed by atoms with Crippen LogP contribution in [-0.4, -0.2) is 34.3 Å². The number of benzene rings is 1. The number of nitrogens with zero attached hydrogens (tertiary/aromatic N) is 1. The Balaban J connectivity index is 2.09. The summed E-state index contributed by atoms with van der Waals surface area (Å²) < 4.78 is 5.47. The van der Waals surface area contributed by atoms with E-state index in [0.29, 0.717) is 22.0 Å². The zero-order valence-electron chi connectivity index (χ0n) is 13.7. The van der Waals surface area contributed by atoms with Gasteiger partial charge < -0.3 is 14.7 Å². The summed E-state index contributed by atoms with van der Waals surface area (Å²) >= 11 is 12.3. The van der Waals surface area contributed by atoms with Gasteiger partial charge in [-0.25, -0.2) is 4.79 Å². The third-order valence-corrected chi connectivity index (χ3v) is 4.59. The lowest BCUT2D eigenvalue weighted by Gasteiger charge is -2.35. The average Bonchev–Trinajstić information content (AvgIpc) is 3.24. The smallest absolute Gasteiger partial charge is 0.410 e. The first-order valence-electron chi connectivity index (χ1n) is 7.77. The van der Waals surface area contributed by atoms with Crippen molar-refractivity contribution >= 4 is 29.3 Å². The summed E-state index contributed by atoms with van der Waals surface area (Å²) in [5, 5.41) is 9.84. The lowest BCUT2D eigenvalue weighted by Crippen LogP contribution is -2.47. The van der Waals surface area contributed by atoms with Crippen molar-refractivity contribution in [3.63, 3.8) is 0 Å². The number of amides is 1. The zero-order chi connectivity index (χ0) is 17.2. The largest absolute Gasteiger partial charge is 0.444 e. The molecule has 0 radical (unpaired) electrons. The molecular formula is C17H23Cl2NO3. The maximum atomic E-state index is 12.4. The highest BCUT2D eigenvalue weighted by atomic mass is 35.5. The molecule has 0 unspecified atom stereocenters. The molecule has 1 aliphatic rings. The van der Waals surface area contributed by atoms with Gasteiger partial charge in [0.15, 0.2) is 0 Å². The lowest BCUT2D eigenvalue weighted by molar-refractivity contribution is 0.0587. The van der Waals surface area contributed by atoms with Gasteiger partial charge in [0.1, 0.15) is 6.61 Å². The van der Waals surface area contributed by atoms with E-state index >= 15 is 0 Å². The van der Waals surface area contributed by atoms with E-state index in [1.165, 1.54) is 0 Å². The number of aliphatic hydroxyl groups excluding tert-OH is 1. The Morgan fingerprint density at radius 2 is 2.00 bits per heavy atom. The van der Waals surface area contributed by atoms with Crippen molar-refractivity contribution in [1.29, 1.82) is 0 Å². The number of carbonyl (C=O) groups excluding carboxylic acids is 1. The second-order valence-corrected chi connectivity index (χ2v) is 7.64. The third-order valence-electron chi connectivity index (χ3n) is 3.75. The normalized spacial score (nSPS) is 14.7. The molecular weight excluding hydrogens is 337 g/mol. The SMILES string of the molecule is CC(C)(C)N(C(=O)OCc1cc(CCO)cc(Cl)c1Cl)C1CC1. The van der Waals surface area contributed by atoms with Gasteiger partial charge in [0.25, 0.3) is 0 Å². The predicted octanol–water partition coefficient (Wildman–Crippen LogP) is 4.43. The van der Waals surface area contributed by atoms with Gasteiger partial charge in [-0.05, 0) is 51.7 Å². The van der Waals surface area contributed by atoms with Gasteiger partial charge in [-0.2, -0.15) is 0 Å². The molecule has 1 saturated carbocycles. The molecule has 0 aromatic heterocycles. The zero-order valence-corrected chi connectivity index (χ0v) is 15.2. The Labute approximate surface area is 147 Å².